The Hall–Kier alpha value is -11.1. The largest absolute Gasteiger partial charge is 4.00 e. The van der Waals surface area contributed by atoms with E-state index in [0.717, 1.165) is 21.0 Å². The summed E-state index contributed by atoms with van der Waals surface area (Å²) in [5, 5.41) is 84.6. The zero-order valence-corrected chi connectivity index (χ0v) is 48.9. The first-order valence-electron chi connectivity index (χ1n) is 25.6. The maximum absolute atomic E-state index is 10.5. The molecule has 8 aromatic carbocycles. The minimum Gasteiger partial charge on any atom is -0.543 e. The fourth-order valence-electron chi connectivity index (χ4n) is 8.13. The van der Waals surface area contributed by atoms with Gasteiger partial charge in [0.2, 0.25) is 0 Å². The topological polar surface area (TPSA) is 319 Å². The molecule has 14 aromatic rings. The molecule has 0 atom stereocenters. The van der Waals surface area contributed by atoms with Crippen LogP contribution >= 0.6 is 22.7 Å². The van der Waals surface area contributed by atoms with Crippen molar-refractivity contribution in [2.24, 2.45) is 0 Å². The standard InChI is InChI=1S/2C13H9NS.4C10H7NO3.Ir/c2*1-2-6-10(7-3-1)13-14-11-8-4-5-9-12(11)15-13;4*12-8-3-1-2-6-4-5-7(10(13)14)11-9(6)8;/h2*1-9H;4*1-5,12H,(H,13,14);/q;;;;;;+4/p-4. The molecule has 0 aliphatic carbocycles. The zero-order chi connectivity index (χ0) is 60.7. The van der Waals surface area contributed by atoms with Crippen molar-refractivity contribution in [3.8, 4) is 44.1 Å². The number of rotatable bonds is 6. The molecule has 18 nitrogen and oxygen atoms in total. The average Bonchev–Trinajstić information content (AvgIpc) is 4.17. The molecule has 429 valence electrons. The molecule has 0 spiro atoms. The van der Waals surface area contributed by atoms with Crippen LogP contribution < -0.4 is 20.4 Å². The van der Waals surface area contributed by atoms with Gasteiger partial charge in [0.25, 0.3) is 0 Å². The minimum absolute atomic E-state index is 0. The summed E-state index contributed by atoms with van der Waals surface area (Å²) < 4.78 is 2.49. The van der Waals surface area contributed by atoms with Crippen LogP contribution in [0.1, 0.15) is 42.0 Å². The Kier molecular flexibility index (Phi) is 20.6. The number of hydrogen-bond donors (Lipinski definition) is 4. The summed E-state index contributed by atoms with van der Waals surface area (Å²) >= 11 is 3.48. The first-order valence-corrected chi connectivity index (χ1v) is 27.3. The molecule has 87 heavy (non-hydrogen) atoms. The van der Waals surface area contributed by atoms with E-state index in [9.17, 15) is 60.0 Å². The smallest absolute Gasteiger partial charge is 0.543 e. The molecule has 14 rings (SSSR count). The molecule has 0 aliphatic heterocycles. The molecule has 1 radical (unpaired) electrons. The third-order valence-electron chi connectivity index (χ3n) is 12.3. The van der Waals surface area contributed by atoms with E-state index in [1.807, 2.05) is 48.5 Å². The van der Waals surface area contributed by atoms with Gasteiger partial charge < -0.3 is 60.0 Å². The molecule has 21 heteroatoms. The maximum Gasteiger partial charge on any atom is 4.00 e. The van der Waals surface area contributed by atoms with Crippen LogP contribution in [-0.4, -0.2) is 74.2 Å². The molecule has 6 aromatic heterocycles. The van der Waals surface area contributed by atoms with Crippen LogP contribution in [0.3, 0.4) is 0 Å². The van der Waals surface area contributed by atoms with Gasteiger partial charge in [-0.25, -0.2) is 29.9 Å². The molecule has 0 unspecified atom stereocenters. The van der Waals surface area contributed by atoms with E-state index in [1.54, 1.807) is 95.5 Å². The van der Waals surface area contributed by atoms with Crippen molar-refractivity contribution in [3.05, 3.63) is 253 Å². The van der Waals surface area contributed by atoms with Crippen molar-refractivity contribution in [2.45, 2.75) is 0 Å². The predicted octanol–water partition coefficient (Wildman–Crippen LogP) is 9.14. The molecule has 0 amide bonds. The van der Waals surface area contributed by atoms with E-state index in [-0.39, 0.29) is 87.9 Å². The number of carbonyl (C=O) groups excluding carboxylic acids is 4. The molecule has 0 saturated heterocycles. The second-order valence-electron chi connectivity index (χ2n) is 18.0. The third-order valence-corrected chi connectivity index (χ3v) is 14.4. The number of fused-ring (bicyclic) bond motifs is 6. The number of aromatic hydroxyl groups is 4. The summed E-state index contributed by atoms with van der Waals surface area (Å²) in [5.41, 5.74) is 4.92. The van der Waals surface area contributed by atoms with E-state index in [2.05, 4.69) is 90.6 Å². The van der Waals surface area contributed by atoms with Crippen LogP contribution in [0.4, 0.5) is 0 Å². The second kappa shape index (κ2) is 28.9. The van der Waals surface area contributed by atoms with Gasteiger partial charge in [-0.15, -0.1) is 22.7 Å². The summed E-state index contributed by atoms with van der Waals surface area (Å²) in [6.45, 7) is 0. The number of aromatic carboxylic acids is 4. The van der Waals surface area contributed by atoms with E-state index in [1.165, 1.54) is 69.1 Å². The number of thiazole rings is 2. The van der Waals surface area contributed by atoms with Crippen LogP contribution in [0.5, 0.6) is 23.0 Å². The van der Waals surface area contributed by atoms with E-state index in [4.69, 9.17) is 0 Å². The summed E-state index contributed by atoms with van der Waals surface area (Å²) in [7, 11) is 0. The number of para-hydroxylation sites is 6. The van der Waals surface area contributed by atoms with Crippen LogP contribution in [-0.2, 0) is 20.1 Å². The Morgan fingerprint density at radius 1 is 0.287 bits per heavy atom. The maximum atomic E-state index is 10.5. The first-order chi connectivity index (χ1) is 41.6. The molecule has 4 N–H and O–H groups in total. The van der Waals surface area contributed by atoms with Gasteiger partial charge in [-0.3, -0.25) is 0 Å². The van der Waals surface area contributed by atoms with Gasteiger partial charge in [-0.1, -0.05) is 158 Å². The molecular weight excluding hydrogens is 1330 g/mol. The molecule has 6 heterocycles. The normalized spacial score (nSPS) is 10.3. The summed E-state index contributed by atoms with van der Waals surface area (Å²) in [4.78, 5) is 66.3. The van der Waals surface area contributed by atoms with Crippen LogP contribution in [0.15, 0.2) is 231 Å². The van der Waals surface area contributed by atoms with Crippen molar-refractivity contribution in [1.82, 2.24) is 29.9 Å². The van der Waals surface area contributed by atoms with Crippen LogP contribution in [0, 0.1) is 0 Å². The van der Waals surface area contributed by atoms with Gasteiger partial charge in [0, 0.05) is 32.7 Å². The molecule has 0 fully saturated rings. The Balaban J connectivity index is 0.000000135. The van der Waals surface area contributed by atoms with Crippen LogP contribution in [0.25, 0.3) is 85.2 Å². The van der Waals surface area contributed by atoms with Crippen molar-refractivity contribution < 1.29 is 80.1 Å². The van der Waals surface area contributed by atoms with Crippen molar-refractivity contribution >= 4 is 111 Å². The molecule has 0 aliphatic rings. The number of aromatic nitrogens is 6. The number of phenols is 4. The third kappa shape index (κ3) is 15.8. The fourth-order valence-corrected chi connectivity index (χ4v) is 10.1. The van der Waals surface area contributed by atoms with E-state index < -0.39 is 23.9 Å². The Bertz CT molecular complexity index is 4210. The molecule has 0 bridgehead atoms. The monoisotopic (exact) mass is 1370 g/mol. The molecular formula is C66H42IrN6O12S2. The Morgan fingerprint density at radius 3 is 0.793 bits per heavy atom. The van der Waals surface area contributed by atoms with E-state index >= 15 is 0 Å². The number of nitrogens with zero attached hydrogens (tertiary/aromatic N) is 6. The second-order valence-corrected chi connectivity index (χ2v) is 20.1. The number of carbonyl (C=O) groups is 4. The number of benzene rings is 8. The summed E-state index contributed by atoms with van der Waals surface area (Å²) in [6.07, 6.45) is 0. The summed E-state index contributed by atoms with van der Waals surface area (Å²) in [6, 6.07) is 68.2. The molecule has 0 saturated carbocycles. The van der Waals surface area contributed by atoms with Gasteiger partial charge in [-0.05, 0) is 72.8 Å². The predicted molar refractivity (Wildman–Crippen MR) is 321 cm³/mol. The van der Waals surface area contributed by atoms with Crippen LogP contribution in [0.2, 0.25) is 0 Å². The quantitative estimate of drug-likeness (QED) is 0.120. The number of pyridine rings is 4. The number of phenolic OH excluding ortho intramolecular Hbond substituents is 4. The van der Waals surface area contributed by atoms with Crippen molar-refractivity contribution in [2.75, 3.05) is 0 Å². The number of carboxylic acid groups (broad SMARTS) is 4. The minimum atomic E-state index is -1.35. The zero-order valence-electron chi connectivity index (χ0n) is 44.8. The van der Waals surface area contributed by atoms with Gasteiger partial charge in [0.1, 0.15) is 55.1 Å². The van der Waals surface area contributed by atoms with Gasteiger partial charge in [0.15, 0.2) is 0 Å². The van der Waals surface area contributed by atoms with E-state index in [0.29, 0.717) is 21.5 Å². The Labute approximate surface area is 514 Å². The first kappa shape index (κ1) is 62.0. The average molecular weight is 1370 g/mol. The van der Waals surface area contributed by atoms with Gasteiger partial charge >= 0.3 is 20.1 Å². The van der Waals surface area contributed by atoms with Crippen molar-refractivity contribution in [3.63, 3.8) is 0 Å². The van der Waals surface area contributed by atoms with Gasteiger partial charge in [-0.2, -0.15) is 0 Å². The number of hydrogen-bond acceptors (Lipinski definition) is 20. The summed E-state index contributed by atoms with van der Waals surface area (Å²) in [5.74, 6) is -5.55. The number of carboxylic acids is 4. The fraction of sp³-hybridized carbons (Fsp3) is 0. The van der Waals surface area contributed by atoms with Crippen molar-refractivity contribution in [1.29, 1.82) is 0 Å². The van der Waals surface area contributed by atoms with Gasteiger partial charge in [0.05, 0.1) is 67.1 Å². The SMILES string of the molecule is O=C([O-])c1ccc2cccc(O)c2n1.O=C([O-])c1ccc2cccc(O)c2n1.O=C([O-])c1ccc2cccc(O)c2n1.O=C([O-])c1ccc2cccc(O)c2n1.[Ir+4].c1ccc(-c2nc3ccccc3s2)cc1.c1ccc(-c2nc3ccccc3s2)cc1. The Morgan fingerprint density at radius 2 is 0.540 bits per heavy atom.